The first kappa shape index (κ1) is 30.3. The van der Waals surface area contributed by atoms with Gasteiger partial charge in [-0.3, -0.25) is 4.52 Å². The van der Waals surface area contributed by atoms with Gasteiger partial charge in [-0.15, -0.1) is 46.4 Å². The van der Waals surface area contributed by atoms with Crippen LogP contribution in [-0.4, -0.2) is 79.9 Å². The number of ether oxygens (including phenoxy) is 1. The number of rotatable bonds is 17. The SMILES string of the molecule is O=P(O)(O)OP(=O)(O)OC(CCCl)C(CO)(CO)C(CCCl)(CCCl)OCCCl. The van der Waals surface area contributed by atoms with E-state index < -0.39 is 46.0 Å². The summed E-state index contributed by atoms with van der Waals surface area (Å²) in [6.07, 6.45) is -1.72. The van der Waals surface area contributed by atoms with Crippen LogP contribution in [0.2, 0.25) is 0 Å². The van der Waals surface area contributed by atoms with Crippen LogP contribution in [0.1, 0.15) is 19.3 Å². The molecule has 0 saturated heterocycles. The Morgan fingerprint density at radius 3 is 1.72 bits per heavy atom. The first-order valence-corrected chi connectivity index (χ1v) is 13.5. The molecule has 0 heterocycles. The summed E-state index contributed by atoms with van der Waals surface area (Å²) in [6, 6.07) is 0. The molecule has 0 aromatic carbocycles. The van der Waals surface area contributed by atoms with Crippen molar-refractivity contribution in [1.82, 2.24) is 0 Å². The van der Waals surface area contributed by atoms with Crippen molar-refractivity contribution in [3.05, 3.63) is 0 Å². The van der Waals surface area contributed by atoms with Gasteiger partial charge in [-0.1, -0.05) is 0 Å². The van der Waals surface area contributed by atoms with Gasteiger partial charge in [0.05, 0.1) is 36.9 Å². The minimum Gasteiger partial charge on any atom is -0.395 e. The van der Waals surface area contributed by atoms with Gasteiger partial charge in [0, 0.05) is 23.5 Å². The number of halogens is 4. The molecule has 0 spiro atoms. The van der Waals surface area contributed by atoms with Crippen LogP contribution in [0, 0.1) is 5.41 Å². The monoisotopic (exact) mass is 544 g/mol. The lowest BCUT2D eigenvalue weighted by Gasteiger charge is -2.52. The molecule has 10 nitrogen and oxygen atoms in total. The van der Waals surface area contributed by atoms with E-state index in [1.165, 1.54) is 0 Å². The molecule has 0 aliphatic rings. The standard InChI is InChI=1S/C13H26Cl4O10P2/c14-4-1-11(26-29(23,24)27-28(20,21)22)12(9-18,10-19)13(2-5-15,3-6-16)25-8-7-17/h11,18-19H,1-10H2,(H,23,24)(H2,20,21,22). The fourth-order valence-electron chi connectivity index (χ4n) is 3.13. The van der Waals surface area contributed by atoms with Crippen LogP contribution in [0.5, 0.6) is 0 Å². The lowest BCUT2D eigenvalue weighted by atomic mass is 9.65. The number of phosphoric ester groups is 1. The minimum absolute atomic E-state index is 0.00964. The molecular weight excluding hydrogens is 520 g/mol. The Balaban J connectivity index is 6.38. The van der Waals surface area contributed by atoms with Crippen molar-refractivity contribution in [3.63, 3.8) is 0 Å². The van der Waals surface area contributed by atoms with Crippen molar-refractivity contribution < 1.29 is 47.6 Å². The van der Waals surface area contributed by atoms with Crippen LogP contribution in [-0.2, 0) is 22.7 Å². The van der Waals surface area contributed by atoms with E-state index in [1.54, 1.807) is 0 Å². The number of hydrogen-bond donors (Lipinski definition) is 5. The Morgan fingerprint density at radius 2 is 1.38 bits per heavy atom. The van der Waals surface area contributed by atoms with Crippen LogP contribution >= 0.6 is 62.0 Å². The predicted molar refractivity (Wildman–Crippen MR) is 110 cm³/mol. The molecule has 2 unspecified atom stereocenters. The van der Waals surface area contributed by atoms with E-state index in [9.17, 15) is 24.2 Å². The van der Waals surface area contributed by atoms with E-state index in [-0.39, 0.29) is 49.4 Å². The highest BCUT2D eigenvalue weighted by molar-refractivity contribution is 7.60. The number of aliphatic hydroxyl groups is 2. The first-order chi connectivity index (χ1) is 13.4. The second kappa shape index (κ2) is 13.8. The molecule has 0 fully saturated rings. The maximum Gasteiger partial charge on any atom is 0.481 e. The van der Waals surface area contributed by atoms with Crippen molar-refractivity contribution in [1.29, 1.82) is 0 Å². The van der Waals surface area contributed by atoms with Gasteiger partial charge in [0.1, 0.15) is 0 Å². The molecule has 0 saturated carbocycles. The summed E-state index contributed by atoms with van der Waals surface area (Å²) in [6.45, 7) is -1.71. The number of alkyl halides is 4. The smallest absolute Gasteiger partial charge is 0.395 e. The molecule has 0 radical (unpaired) electrons. The minimum atomic E-state index is -5.40. The summed E-state index contributed by atoms with van der Waals surface area (Å²) >= 11 is 23.3. The lowest BCUT2D eigenvalue weighted by molar-refractivity contribution is -0.207. The maximum atomic E-state index is 12.1. The number of hydrogen-bond acceptors (Lipinski definition) is 7. The zero-order valence-corrected chi connectivity index (χ0v) is 20.1. The molecule has 29 heavy (non-hydrogen) atoms. The predicted octanol–water partition coefficient (Wildman–Crippen LogP) is 2.43. The molecule has 0 bridgehead atoms. The highest BCUT2D eigenvalue weighted by Gasteiger charge is 2.58. The Morgan fingerprint density at radius 1 is 0.862 bits per heavy atom. The van der Waals surface area contributed by atoms with E-state index >= 15 is 0 Å². The third-order valence-electron chi connectivity index (χ3n) is 4.38. The van der Waals surface area contributed by atoms with Gasteiger partial charge in [0.15, 0.2) is 0 Å². The highest BCUT2D eigenvalue weighted by Crippen LogP contribution is 2.60. The van der Waals surface area contributed by atoms with Crippen LogP contribution in [0.4, 0.5) is 0 Å². The summed E-state index contributed by atoms with van der Waals surface area (Å²) in [5.41, 5.74) is -3.29. The molecular formula is C13H26Cl4O10P2. The fourth-order valence-corrected chi connectivity index (χ4v) is 5.87. The summed E-state index contributed by atoms with van der Waals surface area (Å²) < 4.78 is 37.8. The molecule has 0 aliphatic carbocycles. The molecule has 0 aromatic rings. The van der Waals surface area contributed by atoms with E-state index in [4.69, 9.17) is 65.5 Å². The van der Waals surface area contributed by atoms with Gasteiger partial charge in [0.2, 0.25) is 0 Å². The van der Waals surface area contributed by atoms with Gasteiger partial charge in [-0.2, -0.15) is 4.31 Å². The molecule has 2 atom stereocenters. The molecule has 0 amide bonds. The van der Waals surface area contributed by atoms with Crippen molar-refractivity contribution in [3.8, 4) is 0 Å². The zero-order valence-electron chi connectivity index (χ0n) is 15.3. The molecule has 16 heteroatoms. The molecule has 0 aromatic heterocycles. The van der Waals surface area contributed by atoms with E-state index in [0.717, 1.165) is 0 Å². The maximum absolute atomic E-state index is 12.1. The molecule has 5 N–H and O–H groups in total. The van der Waals surface area contributed by atoms with E-state index in [2.05, 4.69) is 4.31 Å². The summed E-state index contributed by atoms with van der Waals surface area (Å²) in [7, 11) is -10.7. The molecule has 0 aliphatic heterocycles. The third-order valence-corrected chi connectivity index (χ3v) is 7.33. The van der Waals surface area contributed by atoms with Crippen molar-refractivity contribution in [2.24, 2.45) is 5.41 Å². The van der Waals surface area contributed by atoms with Crippen molar-refractivity contribution in [2.75, 3.05) is 43.3 Å². The van der Waals surface area contributed by atoms with Crippen LogP contribution in [0.25, 0.3) is 0 Å². The average Bonchev–Trinajstić information content (AvgIpc) is 2.59. The molecule has 0 rings (SSSR count). The summed E-state index contributed by atoms with van der Waals surface area (Å²) in [5, 5.41) is 20.5. The number of aliphatic hydroxyl groups excluding tert-OH is 2. The second-order valence-corrected chi connectivity index (χ2v) is 10.3. The molecule has 176 valence electrons. The Bertz CT molecular complexity index is 554. The van der Waals surface area contributed by atoms with Crippen LogP contribution < -0.4 is 0 Å². The summed E-state index contributed by atoms with van der Waals surface area (Å²) in [4.78, 5) is 27.5. The topological polar surface area (TPSA) is 163 Å². The first-order valence-electron chi connectivity index (χ1n) is 8.30. The second-order valence-electron chi connectivity index (χ2n) is 5.99. The van der Waals surface area contributed by atoms with Gasteiger partial charge in [-0.05, 0) is 19.3 Å². The summed E-state index contributed by atoms with van der Waals surface area (Å²) in [5.74, 6) is -0.148. The van der Waals surface area contributed by atoms with Crippen LogP contribution in [0.3, 0.4) is 0 Å². The van der Waals surface area contributed by atoms with E-state index in [0.29, 0.717) is 0 Å². The van der Waals surface area contributed by atoms with Gasteiger partial charge < -0.3 is 29.6 Å². The third kappa shape index (κ3) is 8.98. The van der Waals surface area contributed by atoms with Gasteiger partial charge >= 0.3 is 15.6 Å². The normalized spacial score (nSPS) is 16.6. The fraction of sp³-hybridized carbons (Fsp3) is 1.00. The quantitative estimate of drug-likeness (QED) is 0.135. The van der Waals surface area contributed by atoms with E-state index in [1.807, 2.05) is 0 Å². The Kier molecular flexibility index (Phi) is 14.4. The average molecular weight is 546 g/mol. The van der Waals surface area contributed by atoms with Crippen molar-refractivity contribution >= 4 is 62.0 Å². The Hall–Kier alpha value is 1.30. The van der Waals surface area contributed by atoms with Gasteiger partial charge in [0.25, 0.3) is 0 Å². The largest absolute Gasteiger partial charge is 0.481 e. The highest BCUT2D eigenvalue weighted by atomic mass is 35.5. The van der Waals surface area contributed by atoms with Crippen molar-refractivity contribution in [2.45, 2.75) is 31.0 Å². The lowest BCUT2D eigenvalue weighted by Crippen LogP contribution is -2.62. The number of phosphoric acid groups is 2. The zero-order chi connectivity index (χ0) is 22.8. The Labute approximate surface area is 189 Å². The van der Waals surface area contributed by atoms with Crippen LogP contribution in [0.15, 0.2) is 0 Å². The van der Waals surface area contributed by atoms with Gasteiger partial charge in [-0.25, -0.2) is 9.13 Å².